The molecule has 50 heavy (non-hydrogen) atoms. The lowest BCUT2D eigenvalue weighted by Gasteiger charge is -2.23. The number of likely N-dealkylation sites (tertiary alicyclic amines) is 1. The summed E-state index contributed by atoms with van der Waals surface area (Å²) in [7, 11) is 0. The van der Waals surface area contributed by atoms with Gasteiger partial charge in [0.15, 0.2) is 0 Å². The summed E-state index contributed by atoms with van der Waals surface area (Å²) in [6.07, 6.45) is 8.72. The van der Waals surface area contributed by atoms with Gasteiger partial charge in [-0.1, -0.05) is 41.9 Å². The number of carbonyl (C=O) groups is 1. The average molecular weight is 770 g/mol. The van der Waals surface area contributed by atoms with Gasteiger partial charge < -0.3 is 29.3 Å². The zero-order chi connectivity index (χ0) is 34.9. The number of halogens is 2. The summed E-state index contributed by atoms with van der Waals surface area (Å²) >= 11 is 10.6. The Bertz CT molecular complexity index is 1740. The van der Waals surface area contributed by atoms with Crippen molar-refractivity contribution in [3.8, 4) is 22.6 Å². The minimum absolute atomic E-state index is 0.148. The number of aliphatic hydroxyl groups is 1. The summed E-state index contributed by atoms with van der Waals surface area (Å²) in [4.78, 5) is 14.0. The predicted octanol–water partition coefficient (Wildman–Crippen LogP) is 6.91. The Morgan fingerprint density at radius 3 is 2.56 bits per heavy atom. The quantitative estimate of drug-likeness (QED) is 0.0985. The number of aliphatic carboxylic acids is 1. The molecule has 268 valence electrons. The number of nitrogens with one attached hydrogen (secondary N) is 1. The number of carboxylic acid groups (broad SMARTS) is 1. The van der Waals surface area contributed by atoms with E-state index in [1.807, 2.05) is 18.3 Å². The molecular formula is C38H46BrClN4O6. The van der Waals surface area contributed by atoms with Gasteiger partial charge in [-0.3, -0.25) is 14.8 Å². The molecule has 12 heteroatoms. The van der Waals surface area contributed by atoms with E-state index in [1.165, 1.54) is 38.9 Å². The number of aryl methyl sites for hydroxylation is 1. The first-order chi connectivity index (χ1) is 24.4. The molecule has 2 fully saturated rings. The second-order valence-electron chi connectivity index (χ2n) is 13.1. The van der Waals surface area contributed by atoms with Crippen LogP contribution in [0.1, 0.15) is 49.7 Å². The number of unbranched alkanes of at least 4 members (excludes halogenated alkanes) is 1. The van der Waals surface area contributed by atoms with E-state index in [9.17, 15) is 15.0 Å². The van der Waals surface area contributed by atoms with Gasteiger partial charge in [0.1, 0.15) is 24.1 Å². The predicted molar refractivity (Wildman–Crippen MR) is 198 cm³/mol. The van der Waals surface area contributed by atoms with Crippen LogP contribution in [-0.2, 0) is 29.2 Å². The minimum Gasteiger partial charge on any atom is -0.493 e. The van der Waals surface area contributed by atoms with Crippen molar-refractivity contribution in [2.24, 2.45) is 5.92 Å². The number of nitrogens with zero attached hydrogens (tertiary/aromatic N) is 3. The SMILES string of the molecule is O=C(O)C(CO)NCc1cc(Cl)c(OCc2cccc(-c3cccc4c3cnn4CCCCN3CCCC3)c2Br)cc1OCC1CCOCC1. The Kier molecular flexibility index (Phi) is 13.1. The summed E-state index contributed by atoms with van der Waals surface area (Å²) < 4.78 is 21.1. The van der Waals surface area contributed by atoms with Gasteiger partial charge in [-0.2, -0.15) is 5.10 Å². The summed E-state index contributed by atoms with van der Waals surface area (Å²) in [5.41, 5.74) is 4.90. The third kappa shape index (κ3) is 9.18. The highest BCUT2D eigenvalue weighted by atomic mass is 79.9. The van der Waals surface area contributed by atoms with Gasteiger partial charge in [-0.05, 0) is 103 Å². The molecular weight excluding hydrogens is 724 g/mol. The van der Waals surface area contributed by atoms with Gasteiger partial charge in [0.25, 0.3) is 0 Å². The highest BCUT2D eigenvalue weighted by Gasteiger charge is 2.21. The molecule has 10 nitrogen and oxygen atoms in total. The molecule has 2 aliphatic rings. The van der Waals surface area contributed by atoms with Crippen LogP contribution >= 0.6 is 27.5 Å². The van der Waals surface area contributed by atoms with Gasteiger partial charge in [0, 0.05) is 53.4 Å². The molecule has 0 bridgehead atoms. The number of ether oxygens (including phenoxy) is 3. The fourth-order valence-corrected chi connectivity index (χ4v) is 7.55. The monoisotopic (exact) mass is 768 g/mol. The topological polar surface area (TPSA) is 118 Å². The number of aliphatic hydroxyl groups excluding tert-OH is 1. The van der Waals surface area contributed by atoms with Gasteiger partial charge in [0.2, 0.25) is 0 Å². The Hall–Kier alpha value is -3.19. The van der Waals surface area contributed by atoms with Crippen LogP contribution in [0.5, 0.6) is 11.5 Å². The number of aromatic nitrogens is 2. The molecule has 1 atom stereocenters. The highest BCUT2D eigenvalue weighted by molar-refractivity contribution is 9.10. The minimum atomic E-state index is -1.13. The second-order valence-corrected chi connectivity index (χ2v) is 14.3. The van der Waals surface area contributed by atoms with Crippen molar-refractivity contribution in [1.82, 2.24) is 20.0 Å². The lowest BCUT2D eigenvalue weighted by atomic mass is 10.00. The fourth-order valence-electron chi connectivity index (χ4n) is 6.72. The van der Waals surface area contributed by atoms with Crippen LogP contribution in [-0.4, -0.2) is 83.0 Å². The molecule has 1 unspecified atom stereocenters. The van der Waals surface area contributed by atoms with Crippen LogP contribution in [0.25, 0.3) is 22.0 Å². The van der Waals surface area contributed by atoms with Crippen molar-refractivity contribution in [2.75, 3.05) is 46.1 Å². The van der Waals surface area contributed by atoms with Crippen LogP contribution < -0.4 is 14.8 Å². The standard InChI is InChI=1S/C38H46BrClN4O6/c39-37-27(7-5-9-30(37)29-8-6-10-34-31(29)22-42-44(34)16-4-3-15-43-13-1-2-14-43)25-50-36-20-35(49-24-26-11-17-48-18-12-26)28(19-32(36)40)21-41-33(23-45)38(46)47/h5-10,19-20,22,26,33,41,45H,1-4,11-18,21,23-25H2,(H,46,47). The number of carboxylic acids is 1. The summed E-state index contributed by atoms with van der Waals surface area (Å²) in [6, 6.07) is 14.9. The number of hydrogen-bond acceptors (Lipinski definition) is 8. The maximum Gasteiger partial charge on any atom is 0.323 e. The lowest BCUT2D eigenvalue weighted by Crippen LogP contribution is -2.39. The lowest BCUT2D eigenvalue weighted by molar-refractivity contribution is -0.140. The Morgan fingerprint density at radius 2 is 1.78 bits per heavy atom. The first-order valence-electron chi connectivity index (χ1n) is 17.6. The molecule has 2 aliphatic heterocycles. The number of benzene rings is 3. The van der Waals surface area contributed by atoms with Crippen molar-refractivity contribution in [2.45, 2.75) is 64.3 Å². The van der Waals surface area contributed by atoms with E-state index in [-0.39, 0.29) is 13.2 Å². The Labute approximate surface area is 306 Å². The second kappa shape index (κ2) is 17.8. The van der Waals surface area contributed by atoms with Crippen LogP contribution in [0.3, 0.4) is 0 Å². The van der Waals surface area contributed by atoms with E-state index in [0.717, 1.165) is 57.9 Å². The molecule has 3 heterocycles. The number of hydrogen-bond donors (Lipinski definition) is 3. The molecule has 0 amide bonds. The van der Waals surface area contributed by atoms with Crippen LogP contribution in [0.15, 0.2) is 59.2 Å². The van der Waals surface area contributed by atoms with E-state index < -0.39 is 18.6 Å². The molecule has 6 rings (SSSR count). The number of fused-ring (bicyclic) bond motifs is 1. The molecule has 0 radical (unpaired) electrons. The van der Waals surface area contributed by atoms with Crippen molar-refractivity contribution in [1.29, 1.82) is 0 Å². The molecule has 3 N–H and O–H groups in total. The van der Waals surface area contributed by atoms with Gasteiger partial charge in [-0.15, -0.1) is 0 Å². The molecule has 2 saturated heterocycles. The molecule has 4 aromatic rings. The van der Waals surface area contributed by atoms with Crippen LogP contribution in [0, 0.1) is 5.92 Å². The van der Waals surface area contributed by atoms with Gasteiger partial charge >= 0.3 is 5.97 Å². The first-order valence-corrected chi connectivity index (χ1v) is 18.8. The zero-order valence-electron chi connectivity index (χ0n) is 28.3. The summed E-state index contributed by atoms with van der Waals surface area (Å²) in [5.74, 6) is 0.228. The molecule has 0 aliphatic carbocycles. The summed E-state index contributed by atoms with van der Waals surface area (Å²) in [5, 5.41) is 28.0. The number of rotatable bonds is 17. The van der Waals surface area contributed by atoms with Crippen molar-refractivity contribution >= 4 is 44.4 Å². The third-order valence-corrected chi connectivity index (χ3v) is 10.9. The van der Waals surface area contributed by atoms with Crippen molar-refractivity contribution < 1.29 is 29.2 Å². The first kappa shape index (κ1) is 36.6. The maximum atomic E-state index is 11.5. The largest absolute Gasteiger partial charge is 0.493 e. The summed E-state index contributed by atoms with van der Waals surface area (Å²) in [6.45, 7) is 6.31. The fraction of sp³-hybridized carbons (Fsp3) is 0.474. The van der Waals surface area contributed by atoms with Crippen molar-refractivity contribution in [3.05, 3.63) is 75.4 Å². The van der Waals surface area contributed by atoms with Crippen molar-refractivity contribution in [3.63, 3.8) is 0 Å². The molecule has 0 spiro atoms. The van der Waals surface area contributed by atoms with E-state index >= 15 is 0 Å². The van der Waals surface area contributed by atoms with E-state index in [2.05, 4.69) is 55.1 Å². The van der Waals surface area contributed by atoms with E-state index in [1.54, 1.807) is 12.1 Å². The third-order valence-electron chi connectivity index (χ3n) is 9.68. The van der Waals surface area contributed by atoms with E-state index in [4.69, 9.17) is 30.9 Å². The zero-order valence-corrected chi connectivity index (χ0v) is 30.6. The smallest absolute Gasteiger partial charge is 0.323 e. The van der Waals surface area contributed by atoms with Crippen LogP contribution in [0.2, 0.25) is 5.02 Å². The van der Waals surface area contributed by atoms with Crippen LogP contribution in [0.4, 0.5) is 0 Å². The molecule has 3 aromatic carbocycles. The average Bonchev–Trinajstić information content (AvgIpc) is 3.81. The normalized spacial score (nSPS) is 16.2. The van der Waals surface area contributed by atoms with Gasteiger partial charge in [0.05, 0.1) is 29.9 Å². The Balaban J connectivity index is 1.16. The van der Waals surface area contributed by atoms with Gasteiger partial charge in [-0.25, -0.2) is 0 Å². The Morgan fingerprint density at radius 1 is 1.02 bits per heavy atom. The van der Waals surface area contributed by atoms with E-state index in [0.29, 0.717) is 47.8 Å². The molecule has 1 aromatic heterocycles. The maximum absolute atomic E-state index is 11.5. The highest BCUT2D eigenvalue weighted by Crippen LogP contribution is 2.38. The molecule has 0 saturated carbocycles.